The number of halogens is 1. The standard InChI is InChI=1S/C23H24FN3O2/c1-16-6-4-9-19(26-16)21(28)25-15-17-7-5-11-23(14-17)12-13-27(22(23)29)20-10-3-2-8-18(20)24/h2-4,6,8-10,15H,5,7,11-14H2,1H3,(H,25,28)/b17-15+. The van der Waals surface area contributed by atoms with Gasteiger partial charge in [0.1, 0.15) is 11.5 Å². The van der Waals surface area contributed by atoms with Crippen molar-refractivity contribution < 1.29 is 14.0 Å². The molecule has 1 atom stereocenters. The summed E-state index contributed by atoms with van der Waals surface area (Å²) in [5.74, 6) is -0.645. The van der Waals surface area contributed by atoms with Crippen molar-refractivity contribution in [3.63, 3.8) is 0 Å². The van der Waals surface area contributed by atoms with Crippen LogP contribution >= 0.6 is 0 Å². The molecular formula is C23H24FN3O2. The normalized spacial score (nSPS) is 23.0. The number of pyridine rings is 1. The molecule has 2 amide bonds. The summed E-state index contributed by atoms with van der Waals surface area (Å²) in [5.41, 5.74) is 2.05. The van der Waals surface area contributed by atoms with Crippen LogP contribution in [0.2, 0.25) is 0 Å². The monoisotopic (exact) mass is 393 g/mol. The van der Waals surface area contributed by atoms with Crippen LogP contribution in [0.25, 0.3) is 0 Å². The van der Waals surface area contributed by atoms with Crippen molar-refractivity contribution in [2.24, 2.45) is 5.41 Å². The molecule has 1 unspecified atom stereocenters. The molecule has 2 aromatic rings. The third-order valence-electron chi connectivity index (χ3n) is 5.90. The second kappa shape index (κ2) is 7.78. The maximum absolute atomic E-state index is 14.2. The number of anilines is 1. The number of amides is 2. The number of carbonyl (C=O) groups is 2. The van der Waals surface area contributed by atoms with Crippen LogP contribution in [0.3, 0.4) is 0 Å². The van der Waals surface area contributed by atoms with Gasteiger partial charge in [-0.05, 0) is 63.3 Å². The number of rotatable bonds is 3. The lowest BCUT2D eigenvalue weighted by atomic mass is 9.71. The number of nitrogens with one attached hydrogen (secondary N) is 1. The quantitative estimate of drug-likeness (QED) is 0.853. The molecule has 6 heteroatoms. The number of hydrogen-bond acceptors (Lipinski definition) is 3. The molecule has 2 heterocycles. The second-order valence-electron chi connectivity index (χ2n) is 7.91. The van der Waals surface area contributed by atoms with Crippen LogP contribution in [0.15, 0.2) is 54.2 Å². The van der Waals surface area contributed by atoms with Gasteiger partial charge in [0.2, 0.25) is 5.91 Å². The predicted octanol–water partition coefficient (Wildman–Crippen LogP) is 4.14. The second-order valence-corrected chi connectivity index (χ2v) is 7.91. The summed E-state index contributed by atoms with van der Waals surface area (Å²) in [4.78, 5) is 31.4. The van der Waals surface area contributed by atoms with Gasteiger partial charge < -0.3 is 10.2 Å². The highest BCUT2D eigenvalue weighted by molar-refractivity contribution is 6.00. The van der Waals surface area contributed by atoms with Crippen LogP contribution in [-0.4, -0.2) is 23.3 Å². The zero-order valence-corrected chi connectivity index (χ0v) is 16.5. The van der Waals surface area contributed by atoms with Gasteiger partial charge in [0.05, 0.1) is 11.1 Å². The molecule has 5 nitrogen and oxygen atoms in total. The maximum Gasteiger partial charge on any atom is 0.273 e. The van der Waals surface area contributed by atoms with E-state index in [0.29, 0.717) is 30.8 Å². The van der Waals surface area contributed by atoms with Crippen molar-refractivity contribution in [3.05, 3.63) is 71.4 Å². The van der Waals surface area contributed by atoms with Gasteiger partial charge in [0, 0.05) is 18.4 Å². The van der Waals surface area contributed by atoms with Crippen molar-refractivity contribution in [3.8, 4) is 0 Å². The number of allylic oxidation sites excluding steroid dienone is 1. The molecular weight excluding hydrogens is 369 g/mol. The first-order chi connectivity index (χ1) is 14.0. The lowest BCUT2D eigenvalue weighted by Gasteiger charge is -2.33. The minimum absolute atomic E-state index is 0.0140. The molecule has 1 saturated carbocycles. The maximum atomic E-state index is 14.2. The molecule has 1 N–H and O–H groups in total. The number of hydrogen-bond donors (Lipinski definition) is 1. The van der Waals surface area contributed by atoms with E-state index < -0.39 is 5.41 Å². The Hall–Kier alpha value is -3.02. The number of para-hydroxylation sites is 1. The Morgan fingerprint density at radius 3 is 2.83 bits per heavy atom. The van der Waals surface area contributed by atoms with E-state index >= 15 is 0 Å². The topological polar surface area (TPSA) is 62.3 Å². The summed E-state index contributed by atoms with van der Waals surface area (Å²) >= 11 is 0. The van der Waals surface area contributed by atoms with Crippen LogP contribution in [0.1, 0.15) is 48.3 Å². The third-order valence-corrected chi connectivity index (χ3v) is 5.90. The molecule has 1 saturated heterocycles. The smallest absolute Gasteiger partial charge is 0.273 e. The number of aromatic nitrogens is 1. The summed E-state index contributed by atoms with van der Waals surface area (Å²) < 4.78 is 14.2. The molecule has 1 aliphatic carbocycles. The predicted molar refractivity (Wildman–Crippen MR) is 109 cm³/mol. The lowest BCUT2D eigenvalue weighted by Crippen LogP contribution is -2.37. The summed E-state index contributed by atoms with van der Waals surface area (Å²) in [5, 5.41) is 2.82. The summed E-state index contributed by atoms with van der Waals surface area (Å²) in [7, 11) is 0. The van der Waals surface area contributed by atoms with Crippen molar-refractivity contribution in [1.29, 1.82) is 0 Å². The molecule has 29 heavy (non-hydrogen) atoms. The van der Waals surface area contributed by atoms with Crippen molar-refractivity contribution in [1.82, 2.24) is 10.3 Å². The zero-order valence-electron chi connectivity index (χ0n) is 16.5. The van der Waals surface area contributed by atoms with Gasteiger partial charge >= 0.3 is 0 Å². The molecule has 0 bridgehead atoms. The van der Waals surface area contributed by atoms with E-state index in [1.165, 1.54) is 6.07 Å². The first-order valence-electron chi connectivity index (χ1n) is 9.97. The van der Waals surface area contributed by atoms with Crippen molar-refractivity contribution in [2.75, 3.05) is 11.4 Å². The molecule has 2 fully saturated rings. The largest absolute Gasteiger partial charge is 0.327 e. The number of carbonyl (C=O) groups excluding carboxylic acids is 2. The Bertz CT molecular complexity index is 988. The van der Waals surface area contributed by atoms with Gasteiger partial charge in [-0.2, -0.15) is 0 Å². The van der Waals surface area contributed by atoms with Gasteiger partial charge in [-0.25, -0.2) is 9.37 Å². The van der Waals surface area contributed by atoms with E-state index in [0.717, 1.165) is 30.5 Å². The van der Waals surface area contributed by atoms with Crippen LogP contribution < -0.4 is 10.2 Å². The molecule has 150 valence electrons. The van der Waals surface area contributed by atoms with E-state index in [1.54, 1.807) is 41.4 Å². The summed E-state index contributed by atoms with van der Waals surface area (Å²) in [6.07, 6.45) is 5.54. The average molecular weight is 393 g/mol. The highest BCUT2D eigenvalue weighted by atomic mass is 19.1. The highest BCUT2D eigenvalue weighted by Crippen LogP contribution is 2.47. The molecule has 1 aliphatic heterocycles. The first-order valence-corrected chi connectivity index (χ1v) is 9.97. The summed E-state index contributed by atoms with van der Waals surface area (Å²) in [6.45, 7) is 2.36. The molecule has 0 radical (unpaired) electrons. The molecule has 1 aromatic carbocycles. The Balaban J connectivity index is 1.48. The molecule has 2 aliphatic rings. The average Bonchev–Trinajstić information content (AvgIpc) is 3.02. The number of benzene rings is 1. The van der Waals surface area contributed by atoms with Crippen LogP contribution in [-0.2, 0) is 4.79 Å². The lowest BCUT2D eigenvalue weighted by molar-refractivity contribution is -0.126. The van der Waals surface area contributed by atoms with E-state index in [4.69, 9.17) is 0 Å². The first kappa shape index (κ1) is 19.3. The Labute approximate surface area is 169 Å². The Kier molecular flexibility index (Phi) is 5.18. The summed E-state index contributed by atoms with van der Waals surface area (Å²) in [6, 6.07) is 11.7. The van der Waals surface area contributed by atoms with Crippen LogP contribution in [0.5, 0.6) is 0 Å². The molecule has 1 aromatic heterocycles. The van der Waals surface area contributed by atoms with Gasteiger partial charge in [-0.15, -0.1) is 0 Å². The van der Waals surface area contributed by atoms with Gasteiger partial charge in [0.15, 0.2) is 0 Å². The zero-order chi connectivity index (χ0) is 20.4. The Morgan fingerprint density at radius 2 is 2.03 bits per heavy atom. The van der Waals surface area contributed by atoms with Crippen molar-refractivity contribution >= 4 is 17.5 Å². The minimum atomic E-state index is -0.501. The fraction of sp³-hybridized carbons (Fsp3) is 0.348. The van der Waals surface area contributed by atoms with Crippen LogP contribution in [0, 0.1) is 18.2 Å². The van der Waals surface area contributed by atoms with E-state index in [-0.39, 0.29) is 17.6 Å². The number of nitrogens with zero attached hydrogens (tertiary/aromatic N) is 2. The van der Waals surface area contributed by atoms with Gasteiger partial charge in [-0.3, -0.25) is 9.59 Å². The third kappa shape index (κ3) is 3.79. The fourth-order valence-electron chi connectivity index (χ4n) is 4.42. The SMILES string of the molecule is Cc1cccc(C(=O)N/C=C2\CCCC3(CCN(c4ccccc4F)C3=O)C2)n1. The fourth-order valence-corrected chi connectivity index (χ4v) is 4.42. The minimum Gasteiger partial charge on any atom is -0.327 e. The highest BCUT2D eigenvalue weighted by Gasteiger charge is 2.48. The van der Waals surface area contributed by atoms with Gasteiger partial charge in [0.25, 0.3) is 5.91 Å². The van der Waals surface area contributed by atoms with E-state index in [2.05, 4.69) is 10.3 Å². The van der Waals surface area contributed by atoms with E-state index in [1.807, 2.05) is 13.0 Å². The Morgan fingerprint density at radius 1 is 1.21 bits per heavy atom. The molecule has 1 spiro atoms. The molecule has 4 rings (SSSR count). The van der Waals surface area contributed by atoms with Gasteiger partial charge in [-0.1, -0.05) is 23.8 Å². The van der Waals surface area contributed by atoms with Crippen molar-refractivity contribution in [2.45, 2.75) is 39.0 Å². The number of aryl methyl sites for hydroxylation is 1. The van der Waals surface area contributed by atoms with E-state index in [9.17, 15) is 14.0 Å². The van der Waals surface area contributed by atoms with Crippen LogP contribution in [0.4, 0.5) is 10.1 Å².